The number of nitrogens with zero attached hydrogens (tertiary/aromatic N) is 2. The van der Waals surface area contributed by atoms with Crippen molar-refractivity contribution in [2.24, 2.45) is 0 Å². The molecule has 0 saturated heterocycles. The molecule has 7 heteroatoms. The second-order valence-electron chi connectivity index (χ2n) is 5.36. The molecule has 0 bridgehead atoms. The molecule has 0 amide bonds. The lowest BCUT2D eigenvalue weighted by molar-refractivity contribution is 0.404. The summed E-state index contributed by atoms with van der Waals surface area (Å²) in [6.07, 6.45) is 0. The first-order valence-electron chi connectivity index (χ1n) is 7.73. The molecule has 0 aliphatic rings. The van der Waals surface area contributed by atoms with Crippen LogP contribution in [0.2, 0.25) is 10.0 Å². The van der Waals surface area contributed by atoms with Gasteiger partial charge in [-0.05, 0) is 48.0 Å². The Balaban J connectivity index is 1.75. The minimum atomic E-state index is 0.552. The van der Waals surface area contributed by atoms with Crippen molar-refractivity contribution in [1.82, 2.24) is 10.2 Å². The van der Waals surface area contributed by atoms with Crippen LogP contribution < -0.4 is 9.47 Å². The van der Waals surface area contributed by atoms with E-state index in [2.05, 4.69) is 10.2 Å². The molecule has 0 fully saturated rings. The molecule has 1 aromatic heterocycles. The van der Waals surface area contributed by atoms with E-state index >= 15 is 0 Å². The number of thioether (sulfide) groups is 1. The monoisotopic (exact) mass is 406 g/mol. The van der Waals surface area contributed by atoms with Crippen LogP contribution in [-0.2, 0) is 5.75 Å². The van der Waals surface area contributed by atoms with Crippen molar-refractivity contribution in [1.29, 1.82) is 0 Å². The second-order valence-corrected chi connectivity index (χ2v) is 7.17. The van der Waals surface area contributed by atoms with Gasteiger partial charge >= 0.3 is 0 Å². The molecule has 0 aliphatic heterocycles. The molecule has 0 N–H and O–H groups in total. The van der Waals surface area contributed by atoms with Crippen molar-refractivity contribution >= 4 is 35.0 Å². The number of ether oxygens (including phenoxy) is 2. The van der Waals surface area contributed by atoms with Gasteiger partial charge in [-0.25, -0.2) is 0 Å². The summed E-state index contributed by atoms with van der Waals surface area (Å²) >= 11 is 13.6. The number of aromatic nitrogens is 2. The minimum Gasteiger partial charge on any atom is -0.497 e. The normalized spacial score (nSPS) is 10.6. The molecule has 3 aromatic rings. The summed E-state index contributed by atoms with van der Waals surface area (Å²) < 4.78 is 10.7. The first-order valence-corrected chi connectivity index (χ1v) is 9.47. The fourth-order valence-electron chi connectivity index (χ4n) is 2.34. The molecule has 1 heterocycles. The van der Waals surface area contributed by atoms with Gasteiger partial charge in [-0.1, -0.05) is 41.0 Å². The number of hydrogen-bond acceptors (Lipinski definition) is 5. The molecule has 4 nitrogen and oxygen atoms in total. The van der Waals surface area contributed by atoms with Crippen molar-refractivity contribution in [3.8, 4) is 22.8 Å². The highest BCUT2D eigenvalue weighted by Gasteiger charge is 2.10. The lowest BCUT2D eigenvalue weighted by Gasteiger charge is -2.10. The molecule has 3 rings (SSSR count). The first-order chi connectivity index (χ1) is 12.6. The summed E-state index contributed by atoms with van der Waals surface area (Å²) in [5.74, 6) is 2.19. The van der Waals surface area contributed by atoms with E-state index in [0.29, 0.717) is 10.0 Å². The van der Waals surface area contributed by atoms with E-state index in [-0.39, 0.29) is 0 Å². The van der Waals surface area contributed by atoms with Gasteiger partial charge in [0, 0.05) is 11.3 Å². The molecule has 0 unspecified atom stereocenters. The summed E-state index contributed by atoms with van der Waals surface area (Å²) in [5.41, 5.74) is 2.63. The molecular weight excluding hydrogens is 391 g/mol. The maximum Gasteiger partial charge on any atom is 0.128 e. The average Bonchev–Trinajstić information content (AvgIpc) is 2.68. The Morgan fingerprint density at radius 3 is 2.38 bits per heavy atom. The van der Waals surface area contributed by atoms with Crippen molar-refractivity contribution in [2.75, 3.05) is 14.2 Å². The van der Waals surface area contributed by atoms with Crippen molar-refractivity contribution < 1.29 is 9.47 Å². The fraction of sp³-hybridized carbons (Fsp3) is 0.158. The maximum absolute atomic E-state index is 6.05. The van der Waals surface area contributed by atoms with Gasteiger partial charge in [-0.3, -0.25) is 0 Å². The lowest BCUT2D eigenvalue weighted by atomic mass is 10.1. The average molecular weight is 407 g/mol. The molecule has 134 valence electrons. The van der Waals surface area contributed by atoms with E-state index in [0.717, 1.165) is 39.1 Å². The van der Waals surface area contributed by atoms with Gasteiger partial charge in [0.05, 0.1) is 30.0 Å². The molecule has 0 atom stereocenters. The second kappa shape index (κ2) is 8.62. The largest absolute Gasteiger partial charge is 0.497 e. The van der Waals surface area contributed by atoms with Gasteiger partial charge in [0.2, 0.25) is 0 Å². The highest BCUT2D eigenvalue weighted by Crippen LogP contribution is 2.33. The van der Waals surface area contributed by atoms with E-state index < -0.39 is 0 Å². The number of methoxy groups -OCH3 is 2. The molecule has 0 spiro atoms. The third-order valence-electron chi connectivity index (χ3n) is 3.69. The molecule has 26 heavy (non-hydrogen) atoms. The summed E-state index contributed by atoms with van der Waals surface area (Å²) in [7, 11) is 3.25. The summed E-state index contributed by atoms with van der Waals surface area (Å²) in [6, 6.07) is 15.0. The molecule has 0 aliphatic carbocycles. The van der Waals surface area contributed by atoms with E-state index in [4.69, 9.17) is 32.7 Å². The lowest BCUT2D eigenvalue weighted by Crippen LogP contribution is -1.94. The van der Waals surface area contributed by atoms with Crippen LogP contribution in [0.25, 0.3) is 11.3 Å². The third kappa shape index (κ3) is 4.41. The Labute approximate surface area is 166 Å². The Bertz CT molecular complexity index is 905. The van der Waals surface area contributed by atoms with Crippen molar-refractivity contribution in [3.63, 3.8) is 0 Å². The van der Waals surface area contributed by atoms with Gasteiger partial charge in [0.25, 0.3) is 0 Å². The maximum atomic E-state index is 6.05. The van der Waals surface area contributed by atoms with E-state index in [9.17, 15) is 0 Å². The van der Waals surface area contributed by atoms with Crippen LogP contribution in [0.3, 0.4) is 0 Å². The minimum absolute atomic E-state index is 0.552. The van der Waals surface area contributed by atoms with Crippen LogP contribution in [0.1, 0.15) is 5.56 Å². The highest BCUT2D eigenvalue weighted by atomic mass is 35.5. The van der Waals surface area contributed by atoms with Gasteiger partial charge in [0.15, 0.2) is 0 Å². The third-order valence-corrected chi connectivity index (χ3v) is 5.42. The van der Waals surface area contributed by atoms with Gasteiger partial charge < -0.3 is 9.47 Å². The molecular formula is C19H16Cl2N2O2S. The van der Waals surface area contributed by atoms with Gasteiger partial charge in [-0.15, -0.1) is 10.2 Å². The summed E-state index contributed by atoms with van der Waals surface area (Å²) in [4.78, 5) is 0. The predicted molar refractivity (Wildman–Crippen MR) is 107 cm³/mol. The number of benzene rings is 2. The van der Waals surface area contributed by atoms with Gasteiger partial charge in [0.1, 0.15) is 16.5 Å². The number of halogens is 2. The molecule has 0 saturated carbocycles. The Hall–Kier alpha value is -1.95. The standard InChI is InChI=1S/C19H16Cl2N2O2S/c1-24-13-4-7-18(25-2)14(10-13)17-6-8-19(23-22-17)26-11-12-3-5-15(20)16(21)9-12/h3-10H,11H2,1-2H3. The van der Waals surface area contributed by atoms with E-state index in [1.165, 1.54) is 0 Å². The molecule has 0 radical (unpaired) electrons. The molecule has 2 aromatic carbocycles. The van der Waals surface area contributed by atoms with E-state index in [1.807, 2.05) is 42.5 Å². The summed E-state index contributed by atoms with van der Waals surface area (Å²) in [6.45, 7) is 0. The summed E-state index contributed by atoms with van der Waals surface area (Å²) in [5, 5.41) is 10.5. The predicted octanol–water partition coefficient (Wildman–Crippen LogP) is 5.76. The van der Waals surface area contributed by atoms with Crippen LogP contribution in [0.15, 0.2) is 53.6 Å². The van der Waals surface area contributed by atoms with Gasteiger partial charge in [-0.2, -0.15) is 0 Å². The smallest absolute Gasteiger partial charge is 0.128 e. The van der Waals surface area contributed by atoms with E-state index in [1.54, 1.807) is 32.0 Å². The SMILES string of the molecule is COc1ccc(OC)c(-c2ccc(SCc3ccc(Cl)c(Cl)c3)nn2)c1. The topological polar surface area (TPSA) is 44.2 Å². The first kappa shape index (κ1) is 18.8. The Morgan fingerprint density at radius 1 is 0.885 bits per heavy atom. The number of hydrogen-bond donors (Lipinski definition) is 0. The zero-order valence-electron chi connectivity index (χ0n) is 14.2. The van der Waals surface area contributed by atoms with Crippen LogP contribution in [0.5, 0.6) is 11.5 Å². The van der Waals surface area contributed by atoms with Crippen LogP contribution in [0, 0.1) is 0 Å². The zero-order chi connectivity index (χ0) is 18.5. The highest BCUT2D eigenvalue weighted by molar-refractivity contribution is 7.98. The van der Waals surface area contributed by atoms with Crippen LogP contribution >= 0.6 is 35.0 Å². The zero-order valence-corrected chi connectivity index (χ0v) is 16.5. The quantitative estimate of drug-likeness (QED) is 0.486. The Kier molecular flexibility index (Phi) is 6.25. The Morgan fingerprint density at radius 2 is 1.73 bits per heavy atom. The van der Waals surface area contributed by atoms with Crippen molar-refractivity contribution in [3.05, 3.63) is 64.1 Å². The van der Waals surface area contributed by atoms with Crippen LogP contribution in [-0.4, -0.2) is 24.4 Å². The van der Waals surface area contributed by atoms with Crippen molar-refractivity contribution in [2.45, 2.75) is 10.8 Å². The fourth-order valence-corrected chi connectivity index (χ4v) is 3.42. The van der Waals surface area contributed by atoms with Crippen LogP contribution in [0.4, 0.5) is 0 Å². The number of rotatable bonds is 6.